The van der Waals surface area contributed by atoms with E-state index in [1.165, 1.54) is 26.4 Å². The number of carbonyl (C=O) groups excluding carboxylic acids is 2. The van der Waals surface area contributed by atoms with Crippen LogP contribution >= 0.6 is 15.9 Å². The molecule has 5 nitrogen and oxygen atoms in total. The van der Waals surface area contributed by atoms with Gasteiger partial charge in [-0.15, -0.1) is 0 Å². The maximum absolute atomic E-state index is 12.8. The maximum Gasteiger partial charge on any atom is 0.307 e. The molecule has 0 N–H and O–H groups in total. The molecule has 1 amide bonds. The van der Waals surface area contributed by atoms with Crippen molar-refractivity contribution >= 4 is 27.8 Å². The van der Waals surface area contributed by atoms with Crippen molar-refractivity contribution in [2.24, 2.45) is 0 Å². The summed E-state index contributed by atoms with van der Waals surface area (Å²) < 4.78 is 10.7. The van der Waals surface area contributed by atoms with Gasteiger partial charge in [0.15, 0.2) is 10.4 Å². The molecule has 1 aliphatic carbocycles. The Hall–Kier alpha value is -1.30. The van der Waals surface area contributed by atoms with Crippen molar-refractivity contribution in [3.8, 4) is 0 Å². The lowest BCUT2D eigenvalue weighted by Gasteiger charge is -2.32. The number of ether oxygens (including phenoxy) is 1. The summed E-state index contributed by atoms with van der Waals surface area (Å²) in [5.41, 5.74) is 0. The van der Waals surface area contributed by atoms with Gasteiger partial charge < -0.3 is 14.1 Å². The van der Waals surface area contributed by atoms with Gasteiger partial charge in [0.1, 0.15) is 0 Å². The summed E-state index contributed by atoms with van der Waals surface area (Å²) in [6.45, 7) is 0.370. The van der Waals surface area contributed by atoms with E-state index < -0.39 is 0 Å². The molecule has 1 aromatic heterocycles. The van der Waals surface area contributed by atoms with Crippen LogP contribution in [0, 0.1) is 0 Å². The van der Waals surface area contributed by atoms with Crippen LogP contribution in [0.25, 0.3) is 0 Å². The van der Waals surface area contributed by atoms with Crippen molar-refractivity contribution < 1.29 is 18.7 Å². The van der Waals surface area contributed by atoms with Crippen molar-refractivity contribution in [1.82, 2.24) is 4.90 Å². The molecule has 0 spiro atoms. The summed E-state index contributed by atoms with van der Waals surface area (Å²) in [6.07, 6.45) is 8.10. The second-order valence-electron chi connectivity index (χ2n) is 5.93. The maximum atomic E-state index is 12.8. The first-order valence-corrected chi connectivity index (χ1v) is 9.04. The van der Waals surface area contributed by atoms with Crippen LogP contribution in [0.15, 0.2) is 21.2 Å². The zero-order valence-electron chi connectivity index (χ0n) is 13.6. The van der Waals surface area contributed by atoms with E-state index in [1.807, 2.05) is 0 Å². The van der Waals surface area contributed by atoms with Crippen molar-refractivity contribution in [3.63, 3.8) is 0 Å². The molecule has 0 atom stereocenters. The number of carbonyl (C=O) groups is 2. The molecule has 0 aliphatic heterocycles. The van der Waals surface area contributed by atoms with Gasteiger partial charge in [-0.05, 0) is 40.9 Å². The van der Waals surface area contributed by atoms with Crippen LogP contribution < -0.4 is 0 Å². The van der Waals surface area contributed by atoms with Gasteiger partial charge in [0.05, 0.1) is 13.5 Å². The van der Waals surface area contributed by atoms with Crippen molar-refractivity contribution in [2.75, 3.05) is 13.7 Å². The molecule has 1 aromatic rings. The molecule has 0 aromatic carbocycles. The average molecular weight is 386 g/mol. The molecule has 6 heteroatoms. The Morgan fingerprint density at radius 2 is 1.87 bits per heavy atom. The lowest BCUT2D eigenvalue weighted by atomic mass is 9.95. The molecule has 0 saturated heterocycles. The van der Waals surface area contributed by atoms with Gasteiger partial charge in [-0.3, -0.25) is 9.59 Å². The molecule has 1 heterocycles. The fourth-order valence-electron chi connectivity index (χ4n) is 3.08. The monoisotopic (exact) mass is 385 g/mol. The Morgan fingerprint density at radius 3 is 2.43 bits per heavy atom. The van der Waals surface area contributed by atoms with Gasteiger partial charge in [0.2, 0.25) is 0 Å². The summed E-state index contributed by atoms with van der Waals surface area (Å²) in [5, 5.41) is 0. The van der Waals surface area contributed by atoms with Crippen molar-refractivity contribution in [3.05, 3.63) is 22.6 Å². The number of hydrogen-bond donors (Lipinski definition) is 0. The lowest BCUT2D eigenvalue weighted by molar-refractivity contribution is -0.140. The summed E-state index contributed by atoms with van der Waals surface area (Å²) in [7, 11) is 1.37. The van der Waals surface area contributed by atoms with Crippen LogP contribution in [0.3, 0.4) is 0 Å². The number of rotatable bonds is 5. The Kier molecular flexibility index (Phi) is 7.15. The van der Waals surface area contributed by atoms with Gasteiger partial charge in [-0.25, -0.2) is 0 Å². The Labute approximate surface area is 145 Å². The first-order valence-electron chi connectivity index (χ1n) is 8.25. The smallest absolute Gasteiger partial charge is 0.307 e. The molecule has 1 saturated carbocycles. The molecule has 0 unspecified atom stereocenters. The molecule has 128 valence electrons. The summed E-state index contributed by atoms with van der Waals surface area (Å²) in [5.74, 6) is -0.136. The number of esters is 1. The number of nitrogens with zero attached hydrogens (tertiary/aromatic N) is 1. The average Bonchev–Trinajstić information content (AvgIpc) is 2.94. The Bertz CT molecular complexity index is 520. The third kappa shape index (κ3) is 5.37. The van der Waals surface area contributed by atoms with Gasteiger partial charge in [0, 0.05) is 12.6 Å². The van der Waals surface area contributed by atoms with E-state index in [2.05, 4.69) is 15.9 Å². The second kappa shape index (κ2) is 9.11. The first-order chi connectivity index (χ1) is 11.1. The third-order valence-corrected chi connectivity index (χ3v) is 4.77. The standard InChI is InChI=1S/C17H24BrNO4/c1-22-16(20)11-12-19(13-7-5-3-2-4-6-8-13)17(21)14-9-10-15(18)23-14/h9-10,13H,2-8,11-12H2,1H3. The zero-order chi connectivity index (χ0) is 16.7. The quantitative estimate of drug-likeness (QED) is 0.713. The second-order valence-corrected chi connectivity index (χ2v) is 6.71. The highest BCUT2D eigenvalue weighted by atomic mass is 79.9. The van der Waals surface area contributed by atoms with E-state index in [4.69, 9.17) is 9.15 Å². The Morgan fingerprint density at radius 1 is 1.22 bits per heavy atom. The highest BCUT2D eigenvalue weighted by Crippen LogP contribution is 2.24. The highest BCUT2D eigenvalue weighted by Gasteiger charge is 2.27. The zero-order valence-corrected chi connectivity index (χ0v) is 15.1. The van der Waals surface area contributed by atoms with Crippen LogP contribution in [-0.4, -0.2) is 36.5 Å². The minimum absolute atomic E-state index is 0.148. The van der Waals surface area contributed by atoms with Crippen LogP contribution in [-0.2, 0) is 9.53 Å². The molecule has 1 fully saturated rings. The van der Waals surface area contributed by atoms with Crippen LogP contribution in [0.4, 0.5) is 0 Å². The SMILES string of the molecule is COC(=O)CCN(C(=O)c1ccc(Br)o1)C1CCCCCCC1. The summed E-state index contributed by atoms with van der Waals surface area (Å²) >= 11 is 3.23. The van der Waals surface area contributed by atoms with E-state index in [0.29, 0.717) is 17.0 Å². The number of amides is 1. The molecule has 1 aliphatic rings. The van der Waals surface area contributed by atoms with Crippen LogP contribution in [0.1, 0.15) is 61.9 Å². The lowest BCUT2D eigenvalue weighted by Crippen LogP contribution is -2.42. The molecular weight excluding hydrogens is 362 g/mol. The molecule has 0 bridgehead atoms. The predicted molar refractivity (Wildman–Crippen MR) is 90.2 cm³/mol. The topological polar surface area (TPSA) is 59.8 Å². The molecule has 0 radical (unpaired) electrons. The largest absolute Gasteiger partial charge is 0.469 e. The van der Waals surface area contributed by atoms with E-state index in [0.717, 1.165) is 25.7 Å². The fourth-order valence-corrected chi connectivity index (χ4v) is 3.39. The Balaban J connectivity index is 2.12. The number of furan rings is 1. The number of methoxy groups -OCH3 is 1. The predicted octanol–water partition coefficient (Wildman–Crippen LogP) is 4.16. The van der Waals surface area contributed by atoms with Crippen LogP contribution in [0.2, 0.25) is 0 Å². The van der Waals surface area contributed by atoms with E-state index in [1.54, 1.807) is 17.0 Å². The van der Waals surface area contributed by atoms with Gasteiger partial charge in [-0.2, -0.15) is 0 Å². The molecule has 2 rings (SSSR count). The van der Waals surface area contributed by atoms with Gasteiger partial charge in [-0.1, -0.05) is 32.1 Å². The van der Waals surface area contributed by atoms with Gasteiger partial charge in [0.25, 0.3) is 5.91 Å². The fraction of sp³-hybridized carbons (Fsp3) is 0.647. The summed E-state index contributed by atoms with van der Waals surface area (Å²) in [6, 6.07) is 3.54. The normalized spacial score (nSPS) is 16.4. The summed E-state index contributed by atoms with van der Waals surface area (Å²) in [4.78, 5) is 26.1. The number of hydrogen-bond acceptors (Lipinski definition) is 4. The van der Waals surface area contributed by atoms with Crippen LogP contribution in [0.5, 0.6) is 0 Å². The van der Waals surface area contributed by atoms with E-state index >= 15 is 0 Å². The van der Waals surface area contributed by atoms with Crippen molar-refractivity contribution in [2.45, 2.75) is 57.4 Å². The molecule has 23 heavy (non-hydrogen) atoms. The minimum atomic E-state index is -0.297. The van der Waals surface area contributed by atoms with E-state index in [-0.39, 0.29) is 24.3 Å². The minimum Gasteiger partial charge on any atom is -0.469 e. The van der Waals surface area contributed by atoms with E-state index in [9.17, 15) is 9.59 Å². The van der Waals surface area contributed by atoms with Crippen molar-refractivity contribution in [1.29, 1.82) is 0 Å². The van der Waals surface area contributed by atoms with Gasteiger partial charge >= 0.3 is 5.97 Å². The molecular formula is C17H24BrNO4. The third-order valence-electron chi connectivity index (χ3n) is 4.34. The first kappa shape index (κ1) is 18.0. The number of halogens is 1. The highest BCUT2D eigenvalue weighted by molar-refractivity contribution is 9.10.